The molecule has 9 heteroatoms. The van der Waals surface area contributed by atoms with Crippen molar-refractivity contribution in [3.63, 3.8) is 0 Å². The first-order valence-electron chi connectivity index (χ1n) is 9.31. The number of rotatable bonds is 7. The number of pyridine rings is 1. The summed E-state index contributed by atoms with van der Waals surface area (Å²) in [6.07, 6.45) is 9.30. The topological polar surface area (TPSA) is 102 Å². The van der Waals surface area contributed by atoms with Crippen molar-refractivity contribution < 1.29 is 9.59 Å². The number of hydrogen-bond donors (Lipinski definition) is 2. The molecule has 0 aliphatic heterocycles. The molecule has 148 valence electrons. The first-order valence-corrected chi connectivity index (χ1v) is 10.2. The average Bonchev–Trinajstić information content (AvgIpc) is 3.33. The zero-order valence-corrected chi connectivity index (χ0v) is 16.6. The van der Waals surface area contributed by atoms with Crippen molar-refractivity contribution in [2.24, 2.45) is 0 Å². The molecule has 0 bridgehead atoms. The van der Waals surface area contributed by atoms with Crippen LogP contribution in [0.2, 0.25) is 0 Å². The van der Waals surface area contributed by atoms with Gasteiger partial charge in [0.1, 0.15) is 0 Å². The first-order chi connectivity index (χ1) is 13.6. The Morgan fingerprint density at radius 1 is 1.39 bits per heavy atom. The molecule has 8 nitrogen and oxygen atoms in total. The van der Waals surface area contributed by atoms with Crippen LogP contribution in [0.5, 0.6) is 0 Å². The van der Waals surface area contributed by atoms with Gasteiger partial charge >= 0.3 is 6.03 Å². The number of thioether (sulfide) groups is 1. The van der Waals surface area contributed by atoms with Crippen LogP contribution in [0.25, 0.3) is 11.4 Å². The van der Waals surface area contributed by atoms with E-state index < -0.39 is 11.3 Å². The van der Waals surface area contributed by atoms with Crippen LogP contribution in [-0.2, 0) is 11.3 Å². The highest BCUT2D eigenvalue weighted by Crippen LogP contribution is 2.26. The number of nitrogens with zero attached hydrogens (tertiary/aromatic N) is 4. The maximum absolute atomic E-state index is 12.4. The Bertz CT molecular complexity index is 832. The van der Waals surface area contributed by atoms with Crippen molar-refractivity contribution in [1.82, 2.24) is 30.4 Å². The third-order valence-electron chi connectivity index (χ3n) is 4.53. The van der Waals surface area contributed by atoms with Gasteiger partial charge in [-0.15, -0.1) is 16.8 Å². The molecule has 1 saturated carbocycles. The van der Waals surface area contributed by atoms with Gasteiger partial charge in [0.2, 0.25) is 5.91 Å². The molecule has 2 aromatic rings. The smallest absolute Gasteiger partial charge is 0.321 e. The van der Waals surface area contributed by atoms with Crippen LogP contribution in [-0.4, -0.2) is 43.0 Å². The number of hydrogen-bond acceptors (Lipinski definition) is 6. The maximum Gasteiger partial charge on any atom is 0.321 e. The fourth-order valence-corrected chi connectivity index (χ4v) is 3.95. The molecule has 1 aliphatic carbocycles. The number of carbonyl (C=O) groups excluding carboxylic acids is 2. The molecular formula is C19H24N6O2S. The Balaban J connectivity index is 1.65. The molecule has 2 N–H and O–H groups in total. The van der Waals surface area contributed by atoms with Gasteiger partial charge in [0, 0.05) is 30.5 Å². The summed E-state index contributed by atoms with van der Waals surface area (Å²) in [5, 5.41) is 13.8. The van der Waals surface area contributed by atoms with E-state index in [1.165, 1.54) is 11.8 Å². The third kappa shape index (κ3) is 4.98. The summed E-state index contributed by atoms with van der Waals surface area (Å²) in [5.41, 5.74) is 0.830. The minimum atomic E-state index is -0.510. The van der Waals surface area contributed by atoms with E-state index in [0.717, 1.165) is 31.2 Å². The lowest BCUT2D eigenvalue weighted by Gasteiger charge is -2.15. The van der Waals surface area contributed by atoms with Crippen LogP contribution in [0.1, 0.15) is 32.6 Å². The number of amides is 3. The highest BCUT2D eigenvalue weighted by molar-refractivity contribution is 8.00. The van der Waals surface area contributed by atoms with Gasteiger partial charge in [0.25, 0.3) is 0 Å². The van der Waals surface area contributed by atoms with Crippen molar-refractivity contribution in [3.8, 4) is 11.4 Å². The lowest BCUT2D eigenvalue weighted by molar-refractivity contribution is -0.119. The standard InChI is InChI=1S/C19H24N6O2S/c1-3-11-25-16(14-7-6-10-20-12-14)23-24-19(25)28-13(2)17(26)22-18(27)21-15-8-4-5-9-15/h3,6-7,10,12-13,15H,1,4-5,8-9,11H2,2H3,(H2,21,22,26,27)/t13-/m1/s1. The lowest BCUT2D eigenvalue weighted by atomic mass is 10.2. The number of carbonyl (C=O) groups is 2. The Hall–Kier alpha value is -2.68. The predicted molar refractivity (Wildman–Crippen MR) is 108 cm³/mol. The minimum Gasteiger partial charge on any atom is -0.335 e. The Labute approximate surface area is 168 Å². The summed E-state index contributed by atoms with van der Waals surface area (Å²) in [6.45, 7) is 6.01. The second-order valence-corrected chi connectivity index (χ2v) is 7.96. The van der Waals surface area contributed by atoms with E-state index >= 15 is 0 Å². The zero-order valence-electron chi connectivity index (χ0n) is 15.8. The molecule has 28 heavy (non-hydrogen) atoms. The van der Waals surface area contributed by atoms with Crippen LogP contribution in [0, 0.1) is 0 Å². The van der Waals surface area contributed by atoms with E-state index in [9.17, 15) is 9.59 Å². The van der Waals surface area contributed by atoms with Crippen LogP contribution < -0.4 is 10.6 Å². The normalized spacial score (nSPS) is 15.2. The molecule has 0 aromatic carbocycles. The summed E-state index contributed by atoms with van der Waals surface area (Å²) in [7, 11) is 0. The molecule has 3 rings (SSSR count). The number of imide groups is 1. The SMILES string of the molecule is C=CCn1c(S[C@H](C)C(=O)NC(=O)NC2CCCC2)nnc1-c1cccnc1. The minimum absolute atomic E-state index is 0.161. The van der Waals surface area contributed by atoms with Gasteiger partial charge in [0.15, 0.2) is 11.0 Å². The zero-order chi connectivity index (χ0) is 19.9. The van der Waals surface area contributed by atoms with Gasteiger partial charge < -0.3 is 5.32 Å². The highest BCUT2D eigenvalue weighted by Gasteiger charge is 2.23. The monoisotopic (exact) mass is 400 g/mol. The molecule has 0 unspecified atom stereocenters. The van der Waals surface area contributed by atoms with Gasteiger partial charge in [-0.1, -0.05) is 30.7 Å². The van der Waals surface area contributed by atoms with Gasteiger partial charge in [0.05, 0.1) is 5.25 Å². The van der Waals surface area contributed by atoms with Crippen molar-refractivity contribution in [1.29, 1.82) is 0 Å². The molecule has 0 saturated heterocycles. The molecule has 1 aliphatic rings. The molecule has 0 spiro atoms. The second kappa shape index (κ2) is 9.50. The largest absolute Gasteiger partial charge is 0.335 e. The molecule has 2 aromatic heterocycles. The Morgan fingerprint density at radius 2 is 2.18 bits per heavy atom. The van der Waals surface area contributed by atoms with Crippen LogP contribution >= 0.6 is 11.8 Å². The summed E-state index contributed by atoms with van der Waals surface area (Å²) < 4.78 is 1.87. The summed E-state index contributed by atoms with van der Waals surface area (Å²) in [5.74, 6) is 0.290. The molecule has 1 atom stereocenters. The van der Waals surface area contributed by atoms with E-state index in [2.05, 4.69) is 32.4 Å². The Kier molecular flexibility index (Phi) is 6.80. The van der Waals surface area contributed by atoms with E-state index in [0.29, 0.717) is 17.5 Å². The van der Waals surface area contributed by atoms with Crippen molar-refractivity contribution in [3.05, 3.63) is 37.2 Å². The molecule has 1 fully saturated rings. The molecular weight excluding hydrogens is 376 g/mol. The average molecular weight is 401 g/mol. The van der Waals surface area contributed by atoms with E-state index in [1.54, 1.807) is 25.4 Å². The van der Waals surface area contributed by atoms with Crippen molar-refractivity contribution in [2.75, 3.05) is 0 Å². The quantitative estimate of drug-likeness (QED) is 0.547. The van der Waals surface area contributed by atoms with Crippen LogP contribution in [0.3, 0.4) is 0 Å². The first kappa shape index (κ1) is 20.1. The third-order valence-corrected chi connectivity index (χ3v) is 5.61. The van der Waals surface area contributed by atoms with E-state index in [4.69, 9.17) is 0 Å². The lowest BCUT2D eigenvalue weighted by Crippen LogP contribution is -2.45. The molecule has 2 heterocycles. The van der Waals surface area contributed by atoms with E-state index in [1.807, 2.05) is 16.7 Å². The Morgan fingerprint density at radius 3 is 2.86 bits per heavy atom. The molecule has 3 amide bonds. The summed E-state index contributed by atoms with van der Waals surface area (Å²) in [4.78, 5) is 28.5. The number of urea groups is 1. The predicted octanol–water partition coefficient (Wildman–Crippen LogP) is 2.78. The van der Waals surface area contributed by atoms with Gasteiger partial charge in [-0.3, -0.25) is 19.7 Å². The summed E-state index contributed by atoms with van der Waals surface area (Å²) >= 11 is 1.25. The number of aromatic nitrogens is 4. The maximum atomic E-state index is 12.4. The van der Waals surface area contributed by atoms with Crippen LogP contribution in [0.4, 0.5) is 4.79 Å². The second-order valence-electron chi connectivity index (χ2n) is 6.65. The van der Waals surface area contributed by atoms with Gasteiger partial charge in [-0.05, 0) is 31.9 Å². The van der Waals surface area contributed by atoms with E-state index in [-0.39, 0.29) is 11.9 Å². The van der Waals surface area contributed by atoms with Crippen molar-refractivity contribution in [2.45, 2.75) is 55.6 Å². The van der Waals surface area contributed by atoms with Crippen molar-refractivity contribution >= 4 is 23.7 Å². The van der Waals surface area contributed by atoms with Gasteiger partial charge in [-0.25, -0.2) is 4.79 Å². The fraction of sp³-hybridized carbons (Fsp3) is 0.421. The summed E-state index contributed by atoms with van der Waals surface area (Å²) in [6, 6.07) is 3.45. The highest BCUT2D eigenvalue weighted by atomic mass is 32.2. The number of allylic oxidation sites excluding steroid dienone is 1. The van der Waals surface area contributed by atoms with Crippen LogP contribution in [0.15, 0.2) is 42.3 Å². The fourth-order valence-electron chi connectivity index (χ4n) is 3.09. The number of nitrogens with one attached hydrogen (secondary N) is 2. The van der Waals surface area contributed by atoms with Gasteiger partial charge in [-0.2, -0.15) is 0 Å². The molecule has 0 radical (unpaired) electrons.